The number of hydrogen-bond donors (Lipinski definition) is 0. The van der Waals surface area contributed by atoms with E-state index in [9.17, 15) is 8.42 Å². The zero-order valence-electron chi connectivity index (χ0n) is 10.2. The van der Waals surface area contributed by atoms with E-state index in [1.54, 1.807) is 23.8 Å². The highest BCUT2D eigenvalue weighted by Crippen LogP contribution is 2.23. The third-order valence-corrected chi connectivity index (χ3v) is 3.69. The molecule has 2 rings (SSSR count). The van der Waals surface area contributed by atoms with Crippen molar-refractivity contribution in [3.05, 3.63) is 24.2 Å². The number of halogens is 1. The molecule has 0 aliphatic rings. The van der Waals surface area contributed by atoms with Crippen LogP contribution >= 0.6 is 11.6 Å². The number of rotatable bonds is 4. The molecular formula is C11H14ClN3O2S. The van der Waals surface area contributed by atoms with E-state index in [2.05, 4.69) is 9.97 Å². The van der Waals surface area contributed by atoms with Crippen LogP contribution in [0.2, 0.25) is 0 Å². The minimum atomic E-state index is -3.03. The number of nitrogens with zero attached hydrogens (tertiary/aromatic N) is 3. The Kier molecular flexibility index (Phi) is 3.59. The monoisotopic (exact) mass is 287 g/mol. The third kappa shape index (κ3) is 2.81. The normalized spacial score (nSPS) is 13.9. The molecule has 1 unspecified atom stereocenters. The molecule has 0 saturated carbocycles. The topological polar surface area (TPSA) is 64.8 Å². The molecule has 2 heterocycles. The molecule has 0 aliphatic heterocycles. The van der Waals surface area contributed by atoms with Gasteiger partial charge in [-0.15, -0.1) is 11.6 Å². The molecular weight excluding hydrogens is 274 g/mol. The fourth-order valence-corrected chi connectivity index (χ4v) is 2.44. The zero-order chi connectivity index (χ0) is 13.3. The highest BCUT2D eigenvalue weighted by atomic mass is 35.5. The van der Waals surface area contributed by atoms with Crippen LogP contribution in [0.5, 0.6) is 0 Å². The third-order valence-electron chi connectivity index (χ3n) is 2.57. The van der Waals surface area contributed by atoms with E-state index < -0.39 is 9.84 Å². The summed E-state index contributed by atoms with van der Waals surface area (Å²) in [6.07, 6.45) is 2.87. The molecule has 0 bridgehead atoms. The van der Waals surface area contributed by atoms with Crippen molar-refractivity contribution in [3.8, 4) is 0 Å². The van der Waals surface area contributed by atoms with Gasteiger partial charge in [-0.25, -0.2) is 18.4 Å². The first kappa shape index (κ1) is 13.3. The van der Waals surface area contributed by atoms with Crippen LogP contribution in [0.15, 0.2) is 18.3 Å². The Morgan fingerprint density at radius 1 is 1.50 bits per heavy atom. The quantitative estimate of drug-likeness (QED) is 0.804. The number of aromatic nitrogens is 3. The molecule has 0 aliphatic carbocycles. The van der Waals surface area contributed by atoms with Gasteiger partial charge in [0.25, 0.3) is 0 Å². The smallest absolute Gasteiger partial charge is 0.160 e. The standard InChI is InChI=1S/C11H14ClN3O2S/c1-8(12)10-14-9-4-3-5-13-11(9)15(10)6-7-18(2,16)17/h3-5,8H,6-7H2,1-2H3. The molecule has 0 amide bonds. The minimum Gasteiger partial charge on any atom is -0.310 e. The summed E-state index contributed by atoms with van der Waals surface area (Å²) in [5, 5.41) is -0.293. The highest BCUT2D eigenvalue weighted by Gasteiger charge is 2.16. The molecule has 98 valence electrons. The fourth-order valence-electron chi connectivity index (χ4n) is 1.76. The van der Waals surface area contributed by atoms with E-state index in [1.165, 1.54) is 6.26 Å². The van der Waals surface area contributed by atoms with Crippen molar-refractivity contribution < 1.29 is 8.42 Å². The Hall–Kier alpha value is -1.14. The number of fused-ring (bicyclic) bond motifs is 1. The largest absolute Gasteiger partial charge is 0.310 e. The van der Waals surface area contributed by atoms with Gasteiger partial charge in [0, 0.05) is 19.0 Å². The second-order valence-electron chi connectivity index (χ2n) is 4.21. The van der Waals surface area contributed by atoms with Gasteiger partial charge in [-0.05, 0) is 19.1 Å². The molecule has 1 atom stereocenters. The average Bonchev–Trinajstić information content (AvgIpc) is 2.64. The van der Waals surface area contributed by atoms with Gasteiger partial charge in [0.1, 0.15) is 21.2 Å². The molecule has 0 spiro atoms. The average molecular weight is 288 g/mol. The maximum Gasteiger partial charge on any atom is 0.160 e. The van der Waals surface area contributed by atoms with Gasteiger partial charge in [-0.3, -0.25) is 0 Å². The van der Waals surface area contributed by atoms with Gasteiger partial charge >= 0.3 is 0 Å². The summed E-state index contributed by atoms with van der Waals surface area (Å²) in [6.45, 7) is 2.12. The molecule has 18 heavy (non-hydrogen) atoms. The van der Waals surface area contributed by atoms with Gasteiger partial charge < -0.3 is 4.57 Å². The molecule has 0 fully saturated rings. The predicted octanol–water partition coefficient (Wildman–Crippen LogP) is 1.78. The van der Waals surface area contributed by atoms with E-state index in [-0.39, 0.29) is 11.1 Å². The maximum atomic E-state index is 11.3. The predicted molar refractivity (Wildman–Crippen MR) is 71.5 cm³/mol. The van der Waals surface area contributed by atoms with Crippen molar-refractivity contribution in [2.75, 3.05) is 12.0 Å². The van der Waals surface area contributed by atoms with Crippen molar-refractivity contribution in [3.63, 3.8) is 0 Å². The number of alkyl halides is 1. The summed E-state index contributed by atoms with van der Waals surface area (Å²) < 4.78 is 24.3. The summed E-state index contributed by atoms with van der Waals surface area (Å²) in [5.74, 6) is 0.695. The first-order valence-corrected chi connectivity index (χ1v) is 8.01. The lowest BCUT2D eigenvalue weighted by Crippen LogP contribution is -2.14. The van der Waals surface area contributed by atoms with Crippen molar-refractivity contribution in [1.29, 1.82) is 0 Å². The molecule has 2 aromatic heterocycles. The van der Waals surface area contributed by atoms with Crippen LogP contribution in [0, 0.1) is 0 Å². The Bertz CT molecular complexity index is 664. The van der Waals surface area contributed by atoms with Gasteiger partial charge in [0.2, 0.25) is 0 Å². The van der Waals surface area contributed by atoms with Crippen LogP contribution in [0.4, 0.5) is 0 Å². The van der Waals surface area contributed by atoms with Gasteiger partial charge in [-0.1, -0.05) is 0 Å². The van der Waals surface area contributed by atoms with Crippen molar-refractivity contribution >= 4 is 32.6 Å². The molecule has 5 nitrogen and oxygen atoms in total. The lowest BCUT2D eigenvalue weighted by molar-refractivity contribution is 0.593. The van der Waals surface area contributed by atoms with E-state index in [4.69, 9.17) is 11.6 Å². The Morgan fingerprint density at radius 3 is 2.83 bits per heavy atom. The molecule has 0 aromatic carbocycles. The van der Waals surface area contributed by atoms with Crippen LogP contribution < -0.4 is 0 Å². The van der Waals surface area contributed by atoms with Crippen molar-refractivity contribution in [1.82, 2.24) is 14.5 Å². The molecule has 0 saturated heterocycles. The molecule has 2 aromatic rings. The van der Waals surface area contributed by atoms with E-state index in [0.29, 0.717) is 18.0 Å². The first-order chi connectivity index (χ1) is 8.38. The summed E-state index contributed by atoms with van der Waals surface area (Å²) in [6, 6.07) is 3.63. The number of hydrogen-bond acceptors (Lipinski definition) is 4. The first-order valence-electron chi connectivity index (χ1n) is 5.51. The second-order valence-corrected chi connectivity index (χ2v) is 7.13. The maximum absolute atomic E-state index is 11.3. The molecule has 0 N–H and O–H groups in total. The molecule has 7 heteroatoms. The van der Waals surface area contributed by atoms with E-state index >= 15 is 0 Å². The van der Waals surface area contributed by atoms with Crippen LogP contribution in [0.25, 0.3) is 11.2 Å². The number of pyridine rings is 1. The van der Waals surface area contributed by atoms with E-state index in [1.807, 2.05) is 6.07 Å². The fraction of sp³-hybridized carbons (Fsp3) is 0.455. The summed E-state index contributed by atoms with van der Waals surface area (Å²) in [7, 11) is -3.03. The number of imidazole rings is 1. The Morgan fingerprint density at radius 2 is 2.22 bits per heavy atom. The summed E-state index contributed by atoms with van der Waals surface area (Å²) in [5.41, 5.74) is 1.40. The second kappa shape index (κ2) is 4.85. The van der Waals surface area contributed by atoms with Crippen LogP contribution in [0.3, 0.4) is 0 Å². The van der Waals surface area contributed by atoms with Gasteiger partial charge in [0.05, 0.1) is 11.1 Å². The van der Waals surface area contributed by atoms with Crippen LogP contribution in [-0.4, -0.2) is 35.0 Å². The Labute approximate surface area is 111 Å². The van der Waals surface area contributed by atoms with Crippen LogP contribution in [0.1, 0.15) is 18.1 Å². The summed E-state index contributed by atoms with van der Waals surface area (Å²) in [4.78, 5) is 8.62. The van der Waals surface area contributed by atoms with Crippen molar-refractivity contribution in [2.24, 2.45) is 0 Å². The van der Waals surface area contributed by atoms with Crippen LogP contribution in [-0.2, 0) is 16.4 Å². The lowest BCUT2D eigenvalue weighted by atomic mass is 10.4. The Balaban J connectivity index is 2.48. The SMILES string of the molecule is CC(Cl)c1nc2cccnc2n1CCS(C)(=O)=O. The number of sulfone groups is 1. The summed E-state index contributed by atoms with van der Waals surface area (Å²) >= 11 is 6.07. The zero-order valence-corrected chi connectivity index (χ0v) is 11.7. The van der Waals surface area contributed by atoms with Gasteiger partial charge in [0.15, 0.2) is 5.65 Å². The minimum absolute atomic E-state index is 0.0473. The van der Waals surface area contributed by atoms with E-state index in [0.717, 1.165) is 5.52 Å². The highest BCUT2D eigenvalue weighted by molar-refractivity contribution is 7.90. The van der Waals surface area contributed by atoms with Gasteiger partial charge in [-0.2, -0.15) is 0 Å². The lowest BCUT2D eigenvalue weighted by Gasteiger charge is -2.08. The van der Waals surface area contributed by atoms with Crippen molar-refractivity contribution in [2.45, 2.75) is 18.8 Å². The number of aryl methyl sites for hydroxylation is 1. The molecule has 0 radical (unpaired) electrons.